The lowest BCUT2D eigenvalue weighted by Crippen LogP contribution is -2.49. The number of sulfonamides is 1. The van der Waals surface area contributed by atoms with Gasteiger partial charge >= 0.3 is 0 Å². The maximum atomic E-state index is 12.7. The molecule has 0 bridgehead atoms. The highest BCUT2D eigenvalue weighted by Gasteiger charge is 2.31. The van der Waals surface area contributed by atoms with Gasteiger partial charge in [-0.3, -0.25) is 9.88 Å². The summed E-state index contributed by atoms with van der Waals surface area (Å²) in [6.07, 6.45) is 3.38. The van der Waals surface area contributed by atoms with Gasteiger partial charge in [-0.15, -0.1) is 0 Å². The van der Waals surface area contributed by atoms with Gasteiger partial charge in [0.2, 0.25) is 21.7 Å². The summed E-state index contributed by atoms with van der Waals surface area (Å²) in [5.41, 5.74) is 1.60. The van der Waals surface area contributed by atoms with Crippen molar-refractivity contribution in [1.82, 2.24) is 24.3 Å². The van der Waals surface area contributed by atoms with Crippen molar-refractivity contribution in [3.8, 4) is 11.4 Å². The van der Waals surface area contributed by atoms with Crippen molar-refractivity contribution in [3.63, 3.8) is 0 Å². The van der Waals surface area contributed by atoms with E-state index < -0.39 is 10.0 Å². The normalized spacial score (nSPS) is 17.3. The van der Waals surface area contributed by atoms with E-state index in [4.69, 9.17) is 4.52 Å². The van der Waals surface area contributed by atoms with Gasteiger partial charge < -0.3 is 4.52 Å². The molecule has 1 aromatic carbocycles. The maximum absolute atomic E-state index is 12.7. The van der Waals surface area contributed by atoms with Crippen LogP contribution in [0.3, 0.4) is 0 Å². The minimum absolute atomic E-state index is 0.0293. The molecule has 0 radical (unpaired) electrons. The molecule has 2 aromatic heterocycles. The fourth-order valence-corrected chi connectivity index (χ4v) is 4.93. The number of rotatable bonds is 6. The van der Waals surface area contributed by atoms with Gasteiger partial charge in [0.25, 0.3) is 0 Å². The van der Waals surface area contributed by atoms with Gasteiger partial charge in [-0.1, -0.05) is 35.5 Å². The summed E-state index contributed by atoms with van der Waals surface area (Å²) in [5.74, 6) is 1.05. The summed E-state index contributed by atoms with van der Waals surface area (Å²) < 4.78 is 32.5. The third kappa shape index (κ3) is 4.52. The second kappa shape index (κ2) is 8.40. The SMILES string of the molecule is CC(c1nc(-c2cccnc2)no1)N1CCN(S(=O)(=O)Cc2ccccc2)CC1. The van der Waals surface area contributed by atoms with Gasteiger partial charge in [-0.2, -0.15) is 9.29 Å². The number of pyridine rings is 1. The summed E-state index contributed by atoms with van der Waals surface area (Å²) in [7, 11) is -3.33. The van der Waals surface area contributed by atoms with Crippen LogP contribution in [-0.4, -0.2) is 58.9 Å². The molecule has 8 nitrogen and oxygen atoms in total. The fourth-order valence-electron chi connectivity index (χ4n) is 3.42. The highest BCUT2D eigenvalue weighted by atomic mass is 32.2. The van der Waals surface area contributed by atoms with Crippen molar-refractivity contribution in [3.05, 3.63) is 66.3 Å². The van der Waals surface area contributed by atoms with E-state index in [0.29, 0.717) is 37.9 Å². The van der Waals surface area contributed by atoms with Crippen LogP contribution in [0.25, 0.3) is 11.4 Å². The van der Waals surface area contributed by atoms with Crippen LogP contribution in [-0.2, 0) is 15.8 Å². The molecular weight excluding hydrogens is 390 g/mol. The third-order valence-corrected chi connectivity index (χ3v) is 6.98. The molecular formula is C20H23N5O3S. The lowest BCUT2D eigenvalue weighted by Gasteiger charge is -2.36. The van der Waals surface area contributed by atoms with Gasteiger partial charge in [-0.25, -0.2) is 8.42 Å². The van der Waals surface area contributed by atoms with E-state index in [9.17, 15) is 8.42 Å². The minimum atomic E-state index is -3.33. The summed E-state index contributed by atoms with van der Waals surface area (Å²) in [5, 5.41) is 4.04. The number of piperazine rings is 1. The monoisotopic (exact) mass is 413 g/mol. The Morgan fingerprint density at radius 2 is 1.83 bits per heavy atom. The Morgan fingerprint density at radius 1 is 1.07 bits per heavy atom. The van der Waals surface area contributed by atoms with Crippen molar-refractivity contribution >= 4 is 10.0 Å². The molecule has 0 amide bonds. The third-order valence-electron chi connectivity index (χ3n) is 5.13. The van der Waals surface area contributed by atoms with Crippen molar-refractivity contribution in [2.75, 3.05) is 26.2 Å². The zero-order valence-corrected chi connectivity index (χ0v) is 17.0. The molecule has 152 valence electrons. The zero-order chi connectivity index (χ0) is 20.3. The van der Waals surface area contributed by atoms with E-state index in [1.165, 1.54) is 0 Å². The van der Waals surface area contributed by atoms with Crippen LogP contribution in [0.5, 0.6) is 0 Å². The molecule has 29 heavy (non-hydrogen) atoms. The van der Waals surface area contributed by atoms with Gasteiger partial charge in [-0.05, 0) is 24.6 Å². The van der Waals surface area contributed by atoms with E-state index in [0.717, 1.165) is 11.1 Å². The largest absolute Gasteiger partial charge is 0.337 e. The molecule has 1 unspecified atom stereocenters. The standard InChI is InChI=1S/C20H23N5O3S/c1-16(20-22-19(23-28-20)18-8-5-9-21-14-18)24-10-12-25(13-11-24)29(26,27)15-17-6-3-2-4-7-17/h2-9,14,16H,10-13,15H2,1H3. The average molecular weight is 414 g/mol. The number of aromatic nitrogens is 3. The summed E-state index contributed by atoms with van der Waals surface area (Å²) in [6, 6.07) is 12.9. The van der Waals surface area contributed by atoms with E-state index in [1.54, 1.807) is 16.7 Å². The first kappa shape index (κ1) is 19.7. The Balaban J connectivity index is 1.37. The molecule has 9 heteroatoms. The first-order valence-electron chi connectivity index (χ1n) is 9.53. The number of nitrogens with zero attached hydrogens (tertiary/aromatic N) is 5. The lowest BCUT2D eigenvalue weighted by atomic mass is 10.2. The molecule has 1 fully saturated rings. The van der Waals surface area contributed by atoms with E-state index in [-0.39, 0.29) is 11.8 Å². The van der Waals surface area contributed by atoms with Crippen molar-refractivity contribution in [2.24, 2.45) is 0 Å². The summed E-state index contributed by atoms with van der Waals surface area (Å²) >= 11 is 0. The number of hydrogen-bond acceptors (Lipinski definition) is 7. The van der Waals surface area contributed by atoms with Gasteiger partial charge in [0, 0.05) is 44.1 Å². The molecule has 0 aliphatic carbocycles. The first-order chi connectivity index (χ1) is 14.0. The molecule has 0 spiro atoms. The maximum Gasteiger partial charge on any atom is 0.244 e. The predicted molar refractivity (Wildman–Crippen MR) is 108 cm³/mol. The molecule has 3 heterocycles. The van der Waals surface area contributed by atoms with Gasteiger partial charge in [0.15, 0.2) is 0 Å². The number of hydrogen-bond donors (Lipinski definition) is 0. The molecule has 1 saturated heterocycles. The van der Waals surface area contributed by atoms with Crippen molar-refractivity contribution < 1.29 is 12.9 Å². The molecule has 3 aromatic rings. The lowest BCUT2D eigenvalue weighted by molar-refractivity contribution is 0.124. The van der Waals surface area contributed by atoms with Crippen LogP contribution in [0, 0.1) is 0 Å². The second-order valence-corrected chi connectivity index (χ2v) is 9.02. The summed E-state index contributed by atoms with van der Waals surface area (Å²) in [4.78, 5) is 10.7. The second-order valence-electron chi connectivity index (χ2n) is 7.05. The molecule has 0 saturated carbocycles. The summed E-state index contributed by atoms with van der Waals surface area (Å²) in [6.45, 7) is 4.11. The minimum Gasteiger partial charge on any atom is -0.337 e. The molecule has 0 N–H and O–H groups in total. The van der Waals surface area contributed by atoms with Crippen molar-refractivity contribution in [1.29, 1.82) is 0 Å². The Hall–Kier alpha value is -2.62. The van der Waals surface area contributed by atoms with Crippen LogP contribution in [0.2, 0.25) is 0 Å². The van der Waals surface area contributed by atoms with E-state index >= 15 is 0 Å². The average Bonchev–Trinajstić information content (AvgIpc) is 3.25. The Bertz CT molecular complexity index is 1030. The van der Waals surface area contributed by atoms with Crippen LogP contribution >= 0.6 is 0 Å². The van der Waals surface area contributed by atoms with Gasteiger partial charge in [0.05, 0.1) is 11.8 Å². The zero-order valence-electron chi connectivity index (χ0n) is 16.2. The Morgan fingerprint density at radius 3 is 2.52 bits per heavy atom. The predicted octanol–water partition coefficient (Wildman–Crippen LogP) is 2.34. The van der Waals surface area contributed by atoms with Crippen molar-refractivity contribution in [2.45, 2.75) is 18.7 Å². The Kier molecular flexibility index (Phi) is 5.70. The van der Waals surface area contributed by atoms with Crippen LogP contribution in [0.15, 0.2) is 59.4 Å². The molecule has 1 atom stereocenters. The smallest absolute Gasteiger partial charge is 0.244 e. The van der Waals surface area contributed by atoms with Gasteiger partial charge in [0.1, 0.15) is 0 Å². The van der Waals surface area contributed by atoms with Crippen LogP contribution in [0.1, 0.15) is 24.4 Å². The highest BCUT2D eigenvalue weighted by molar-refractivity contribution is 7.88. The fraction of sp³-hybridized carbons (Fsp3) is 0.350. The van der Waals surface area contributed by atoms with Crippen LogP contribution in [0.4, 0.5) is 0 Å². The first-order valence-corrected chi connectivity index (χ1v) is 11.1. The molecule has 1 aliphatic rings. The quantitative estimate of drug-likeness (QED) is 0.612. The molecule has 4 rings (SSSR count). The van der Waals surface area contributed by atoms with Crippen LogP contribution < -0.4 is 0 Å². The Labute approximate surface area is 170 Å². The van der Waals surface area contributed by atoms with E-state index in [2.05, 4.69) is 20.0 Å². The highest BCUT2D eigenvalue weighted by Crippen LogP contribution is 2.24. The molecule has 1 aliphatic heterocycles. The topological polar surface area (TPSA) is 92.4 Å². The van der Waals surface area contributed by atoms with E-state index in [1.807, 2.05) is 49.4 Å². The number of benzene rings is 1.